The topological polar surface area (TPSA) is 54.9 Å². The number of hydrogen-bond acceptors (Lipinski definition) is 5. The fourth-order valence-electron chi connectivity index (χ4n) is 3.14. The lowest BCUT2D eigenvalue weighted by Crippen LogP contribution is -2.11. The van der Waals surface area contributed by atoms with Gasteiger partial charge in [-0.15, -0.1) is 11.3 Å². The molecule has 1 N–H and O–H groups in total. The summed E-state index contributed by atoms with van der Waals surface area (Å²) in [5.74, 6) is -0.187. The Bertz CT molecular complexity index is 1170. The van der Waals surface area contributed by atoms with E-state index in [0.29, 0.717) is 10.7 Å². The maximum atomic E-state index is 12.4. The highest BCUT2D eigenvalue weighted by Crippen LogP contribution is 2.36. The van der Waals surface area contributed by atoms with E-state index in [2.05, 4.69) is 69.3 Å². The van der Waals surface area contributed by atoms with E-state index in [0.717, 1.165) is 26.9 Å². The summed E-state index contributed by atoms with van der Waals surface area (Å²) in [6.45, 7) is 4.20. The molecule has 0 atom stereocenters. The molecule has 0 unspecified atom stereocenters. The van der Waals surface area contributed by atoms with Crippen LogP contribution in [0.2, 0.25) is 0 Å². The van der Waals surface area contributed by atoms with Crippen LogP contribution in [0.25, 0.3) is 11.3 Å². The van der Waals surface area contributed by atoms with Crippen LogP contribution in [0.15, 0.2) is 80.6 Å². The van der Waals surface area contributed by atoms with Gasteiger partial charge in [0.05, 0.1) is 5.69 Å². The van der Waals surface area contributed by atoms with Crippen LogP contribution in [0.4, 0.5) is 5.13 Å². The number of benzene rings is 2. The molecule has 1 amide bonds. The Labute approximate surface area is 191 Å². The number of carbonyl (C=O) groups excluding carboxylic acids is 1. The van der Waals surface area contributed by atoms with Crippen LogP contribution in [-0.4, -0.2) is 15.9 Å². The van der Waals surface area contributed by atoms with E-state index >= 15 is 0 Å². The minimum absolute atomic E-state index is 0.187. The third-order valence-corrected chi connectivity index (χ3v) is 6.74. The van der Waals surface area contributed by atoms with Gasteiger partial charge >= 0.3 is 0 Å². The van der Waals surface area contributed by atoms with Crippen molar-refractivity contribution in [1.29, 1.82) is 0 Å². The molecule has 0 aliphatic heterocycles. The second-order valence-electron chi connectivity index (χ2n) is 6.72. The monoisotopic (exact) mass is 495 g/mol. The molecule has 2 heterocycles. The maximum Gasteiger partial charge on any atom is 0.257 e. The zero-order chi connectivity index (χ0) is 21.1. The molecule has 2 aromatic carbocycles. The van der Waals surface area contributed by atoms with Gasteiger partial charge in [-0.1, -0.05) is 27.7 Å². The van der Waals surface area contributed by atoms with Crippen molar-refractivity contribution in [2.45, 2.75) is 23.6 Å². The highest BCUT2D eigenvalue weighted by molar-refractivity contribution is 9.10. The lowest BCUT2D eigenvalue weighted by atomic mass is 10.0. The second-order valence-corrected chi connectivity index (χ2v) is 9.64. The van der Waals surface area contributed by atoms with E-state index in [1.54, 1.807) is 36.3 Å². The number of rotatable bonds is 5. The normalized spacial score (nSPS) is 10.8. The van der Waals surface area contributed by atoms with Crippen molar-refractivity contribution in [3.8, 4) is 11.3 Å². The van der Waals surface area contributed by atoms with E-state index in [1.807, 2.05) is 17.5 Å². The third-order valence-electron chi connectivity index (χ3n) is 4.48. The number of halogens is 1. The smallest absolute Gasteiger partial charge is 0.257 e. The molecule has 4 aromatic rings. The van der Waals surface area contributed by atoms with E-state index in [4.69, 9.17) is 0 Å². The lowest BCUT2D eigenvalue weighted by molar-refractivity contribution is 0.102. The minimum Gasteiger partial charge on any atom is -0.298 e. The number of hydrogen-bond donors (Lipinski definition) is 1. The average molecular weight is 496 g/mol. The second kappa shape index (κ2) is 9.12. The molecule has 0 aliphatic carbocycles. The van der Waals surface area contributed by atoms with Crippen molar-refractivity contribution in [3.05, 3.63) is 87.5 Å². The zero-order valence-electron chi connectivity index (χ0n) is 16.3. The van der Waals surface area contributed by atoms with Crippen LogP contribution in [-0.2, 0) is 0 Å². The quantitative estimate of drug-likeness (QED) is 0.324. The van der Waals surface area contributed by atoms with Crippen molar-refractivity contribution >= 4 is 50.1 Å². The maximum absolute atomic E-state index is 12.4. The summed E-state index contributed by atoms with van der Waals surface area (Å²) in [4.78, 5) is 23.3. The SMILES string of the molecule is Cc1cc(Sc2ccc(Br)cc2)cc(C)c1-c1csc(NC(=O)c2ccncc2)n1. The molecule has 0 saturated carbocycles. The predicted molar refractivity (Wildman–Crippen MR) is 127 cm³/mol. The number of thiazole rings is 1. The number of carbonyl (C=O) groups is 1. The van der Waals surface area contributed by atoms with Gasteiger partial charge in [-0.2, -0.15) is 0 Å². The van der Waals surface area contributed by atoms with Crippen LogP contribution in [0, 0.1) is 13.8 Å². The first-order valence-corrected chi connectivity index (χ1v) is 11.7. The third kappa shape index (κ3) is 4.80. The van der Waals surface area contributed by atoms with Gasteiger partial charge in [0.25, 0.3) is 5.91 Å². The first-order valence-electron chi connectivity index (χ1n) is 9.21. The number of pyridine rings is 1. The number of anilines is 1. The molecular formula is C23H18BrN3OS2. The summed E-state index contributed by atoms with van der Waals surface area (Å²) in [5.41, 5.74) is 4.86. The molecule has 0 fully saturated rings. The fourth-order valence-corrected chi connectivity index (χ4v) is 5.12. The van der Waals surface area contributed by atoms with E-state index in [9.17, 15) is 4.79 Å². The van der Waals surface area contributed by atoms with Crippen molar-refractivity contribution in [2.24, 2.45) is 0 Å². The number of amides is 1. The Morgan fingerprint density at radius 3 is 2.33 bits per heavy atom. The molecule has 0 saturated heterocycles. The van der Waals surface area contributed by atoms with Gasteiger partial charge in [0.15, 0.2) is 5.13 Å². The molecule has 30 heavy (non-hydrogen) atoms. The largest absolute Gasteiger partial charge is 0.298 e. The standard InChI is InChI=1S/C23H18BrN3OS2/c1-14-11-19(30-18-5-3-17(24)4-6-18)12-15(2)21(14)20-13-29-23(26-20)27-22(28)16-7-9-25-10-8-16/h3-13H,1-2H3,(H,26,27,28). The van der Waals surface area contributed by atoms with Gasteiger partial charge in [0, 0.05) is 43.2 Å². The molecule has 0 spiro atoms. The van der Waals surface area contributed by atoms with Crippen LogP contribution in [0.3, 0.4) is 0 Å². The molecule has 4 rings (SSSR count). The molecule has 4 nitrogen and oxygen atoms in total. The molecule has 7 heteroatoms. The number of nitrogens with one attached hydrogen (secondary N) is 1. The van der Waals surface area contributed by atoms with Crippen molar-refractivity contribution < 1.29 is 4.79 Å². The van der Waals surface area contributed by atoms with Gasteiger partial charge in [0.1, 0.15) is 0 Å². The van der Waals surface area contributed by atoms with Crippen LogP contribution in [0.5, 0.6) is 0 Å². The highest BCUT2D eigenvalue weighted by atomic mass is 79.9. The van der Waals surface area contributed by atoms with Crippen LogP contribution < -0.4 is 5.32 Å². The van der Waals surface area contributed by atoms with Crippen LogP contribution >= 0.6 is 39.0 Å². The number of nitrogens with zero attached hydrogens (tertiary/aromatic N) is 2. The minimum atomic E-state index is -0.187. The number of aromatic nitrogens is 2. The van der Waals surface area contributed by atoms with Gasteiger partial charge < -0.3 is 0 Å². The summed E-state index contributed by atoms with van der Waals surface area (Å²) in [7, 11) is 0. The van der Waals surface area contributed by atoms with Crippen molar-refractivity contribution in [3.63, 3.8) is 0 Å². The summed E-state index contributed by atoms with van der Waals surface area (Å²) in [6.07, 6.45) is 3.20. The van der Waals surface area contributed by atoms with Gasteiger partial charge in [0.2, 0.25) is 0 Å². The average Bonchev–Trinajstić information content (AvgIpc) is 3.18. The molecular weight excluding hydrogens is 478 g/mol. The Morgan fingerprint density at radius 1 is 1.00 bits per heavy atom. The van der Waals surface area contributed by atoms with Gasteiger partial charge in [-0.05, 0) is 73.5 Å². The Kier molecular flexibility index (Phi) is 6.32. The molecule has 2 aromatic heterocycles. The Hall–Kier alpha value is -2.48. The zero-order valence-corrected chi connectivity index (χ0v) is 19.6. The Balaban J connectivity index is 1.54. The summed E-state index contributed by atoms with van der Waals surface area (Å²) < 4.78 is 1.07. The predicted octanol–water partition coefficient (Wildman–Crippen LogP) is 6.99. The first kappa shape index (κ1) is 20.8. The summed E-state index contributed by atoms with van der Waals surface area (Å²) >= 11 is 6.64. The number of aryl methyl sites for hydroxylation is 2. The lowest BCUT2D eigenvalue weighted by Gasteiger charge is -2.11. The van der Waals surface area contributed by atoms with E-state index < -0.39 is 0 Å². The van der Waals surface area contributed by atoms with Gasteiger partial charge in [-0.25, -0.2) is 4.98 Å². The Morgan fingerprint density at radius 2 is 1.67 bits per heavy atom. The summed E-state index contributed by atoms with van der Waals surface area (Å²) in [6, 6.07) is 16.0. The molecule has 0 aliphatic rings. The first-order chi connectivity index (χ1) is 14.5. The van der Waals surface area contributed by atoms with E-state index in [-0.39, 0.29) is 5.91 Å². The fraction of sp³-hybridized carbons (Fsp3) is 0.0870. The summed E-state index contributed by atoms with van der Waals surface area (Å²) in [5, 5.41) is 5.44. The van der Waals surface area contributed by atoms with Crippen molar-refractivity contribution in [1.82, 2.24) is 9.97 Å². The van der Waals surface area contributed by atoms with Crippen LogP contribution in [0.1, 0.15) is 21.5 Å². The van der Waals surface area contributed by atoms with Crippen molar-refractivity contribution in [2.75, 3.05) is 5.32 Å². The van der Waals surface area contributed by atoms with E-state index in [1.165, 1.54) is 21.1 Å². The molecule has 0 radical (unpaired) electrons. The highest BCUT2D eigenvalue weighted by Gasteiger charge is 2.14. The molecule has 0 bridgehead atoms. The molecule has 150 valence electrons. The van der Waals surface area contributed by atoms with Gasteiger partial charge in [-0.3, -0.25) is 15.1 Å².